The van der Waals surface area contributed by atoms with Crippen LogP contribution in [-0.4, -0.2) is 31.9 Å². The van der Waals surface area contributed by atoms with Crippen LogP contribution in [0.4, 0.5) is 5.82 Å². The molecule has 3 heterocycles. The lowest BCUT2D eigenvalue weighted by Gasteiger charge is -2.19. The van der Waals surface area contributed by atoms with Crippen molar-refractivity contribution in [2.45, 2.75) is 39.0 Å². The number of aromatic nitrogens is 4. The number of benzene rings is 1. The van der Waals surface area contributed by atoms with Crippen LogP contribution in [0, 0.1) is 0 Å². The highest BCUT2D eigenvalue weighted by molar-refractivity contribution is 5.97. The third kappa shape index (κ3) is 4.97. The van der Waals surface area contributed by atoms with Gasteiger partial charge < -0.3 is 5.32 Å². The van der Waals surface area contributed by atoms with Crippen LogP contribution in [0.25, 0.3) is 5.65 Å². The van der Waals surface area contributed by atoms with Gasteiger partial charge in [0.25, 0.3) is 0 Å². The van der Waals surface area contributed by atoms with Gasteiger partial charge in [-0.25, -0.2) is 4.98 Å². The predicted molar refractivity (Wildman–Crippen MR) is 123 cm³/mol. The number of hydrogen-bond acceptors (Lipinski definition) is 5. The molecule has 0 atom stereocenters. The van der Waals surface area contributed by atoms with Crippen molar-refractivity contribution in [2.24, 2.45) is 0 Å². The Morgan fingerprint density at radius 1 is 1.00 bits per heavy atom. The molecule has 0 aliphatic heterocycles. The average Bonchev–Trinajstić information content (AvgIpc) is 3.23. The first-order chi connectivity index (χ1) is 14.9. The number of fused-ring (bicyclic) bond motifs is 1. The third-order valence-electron chi connectivity index (χ3n) is 5.24. The fourth-order valence-corrected chi connectivity index (χ4v) is 3.47. The van der Waals surface area contributed by atoms with Gasteiger partial charge in [-0.1, -0.05) is 51.1 Å². The summed E-state index contributed by atoms with van der Waals surface area (Å²) in [6.07, 6.45) is 4.54. The molecule has 0 aliphatic carbocycles. The molecular weight excluding hydrogens is 386 g/mol. The summed E-state index contributed by atoms with van der Waals surface area (Å²) in [7, 11) is 0. The summed E-state index contributed by atoms with van der Waals surface area (Å²) in [5, 5.41) is 7.76. The normalized spacial score (nSPS) is 11.6. The quantitative estimate of drug-likeness (QED) is 0.452. The van der Waals surface area contributed by atoms with Gasteiger partial charge in [-0.3, -0.25) is 9.78 Å². The number of Topliss-reactive ketones (excluding diaryl/α,β-unsaturated/α-hetero) is 1. The van der Waals surface area contributed by atoms with Crippen molar-refractivity contribution in [1.29, 1.82) is 0 Å². The maximum atomic E-state index is 12.9. The molecule has 0 saturated carbocycles. The molecular formula is C25H27N5O. The number of nitrogens with one attached hydrogen (secondary N) is 1. The molecule has 4 aromatic rings. The molecule has 0 unspecified atom stereocenters. The molecule has 158 valence electrons. The van der Waals surface area contributed by atoms with Crippen molar-refractivity contribution in [3.8, 4) is 0 Å². The Morgan fingerprint density at radius 2 is 1.81 bits per heavy atom. The van der Waals surface area contributed by atoms with E-state index in [9.17, 15) is 4.79 Å². The molecule has 6 heteroatoms. The van der Waals surface area contributed by atoms with Crippen LogP contribution in [0.5, 0.6) is 0 Å². The van der Waals surface area contributed by atoms with Crippen molar-refractivity contribution in [3.05, 3.63) is 89.5 Å². The van der Waals surface area contributed by atoms with Gasteiger partial charge in [-0.05, 0) is 23.1 Å². The molecule has 0 amide bonds. The molecule has 1 aromatic carbocycles. The van der Waals surface area contributed by atoms with Gasteiger partial charge in [-0.2, -0.15) is 9.61 Å². The second-order valence-electron chi connectivity index (χ2n) is 8.66. The summed E-state index contributed by atoms with van der Waals surface area (Å²) in [5.74, 6) is 0.869. The maximum Gasteiger partial charge on any atom is 0.168 e. The van der Waals surface area contributed by atoms with E-state index in [1.54, 1.807) is 16.9 Å². The topological polar surface area (TPSA) is 72.2 Å². The van der Waals surface area contributed by atoms with Crippen molar-refractivity contribution < 1.29 is 4.79 Å². The van der Waals surface area contributed by atoms with Crippen molar-refractivity contribution in [2.75, 3.05) is 11.9 Å². The SMILES string of the molecule is CC(C)(C)c1ccc(C(=O)Cc2cc(NCCc3ccccn3)n3nccc3n2)cc1. The molecule has 1 N–H and O–H groups in total. The molecule has 0 saturated heterocycles. The summed E-state index contributed by atoms with van der Waals surface area (Å²) in [4.78, 5) is 21.8. The number of nitrogens with zero attached hydrogens (tertiary/aromatic N) is 4. The van der Waals surface area contributed by atoms with E-state index < -0.39 is 0 Å². The van der Waals surface area contributed by atoms with Crippen LogP contribution in [0.15, 0.2) is 67.0 Å². The van der Waals surface area contributed by atoms with Crippen molar-refractivity contribution in [3.63, 3.8) is 0 Å². The molecule has 4 rings (SSSR count). The lowest BCUT2D eigenvalue weighted by atomic mass is 9.86. The minimum Gasteiger partial charge on any atom is -0.370 e. The highest BCUT2D eigenvalue weighted by Crippen LogP contribution is 2.23. The van der Waals surface area contributed by atoms with E-state index in [-0.39, 0.29) is 17.6 Å². The maximum absolute atomic E-state index is 12.9. The Bertz CT molecular complexity index is 1170. The second kappa shape index (κ2) is 8.68. The third-order valence-corrected chi connectivity index (χ3v) is 5.24. The first-order valence-corrected chi connectivity index (χ1v) is 10.5. The lowest BCUT2D eigenvalue weighted by Crippen LogP contribution is -2.13. The number of rotatable bonds is 7. The van der Waals surface area contributed by atoms with Gasteiger partial charge >= 0.3 is 0 Å². The first kappa shape index (κ1) is 20.7. The predicted octanol–water partition coefficient (Wildman–Crippen LogP) is 4.50. The lowest BCUT2D eigenvalue weighted by molar-refractivity contribution is 0.0992. The fraction of sp³-hybridized carbons (Fsp3) is 0.280. The first-order valence-electron chi connectivity index (χ1n) is 10.5. The van der Waals surface area contributed by atoms with E-state index >= 15 is 0 Å². The largest absolute Gasteiger partial charge is 0.370 e. The molecule has 6 nitrogen and oxygen atoms in total. The molecule has 0 radical (unpaired) electrons. The summed E-state index contributed by atoms with van der Waals surface area (Å²) < 4.78 is 1.75. The van der Waals surface area contributed by atoms with Gasteiger partial charge in [0.15, 0.2) is 11.4 Å². The van der Waals surface area contributed by atoms with Gasteiger partial charge in [0.05, 0.1) is 18.3 Å². The number of ketones is 1. The Hall–Kier alpha value is -3.54. The second-order valence-corrected chi connectivity index (χ2v) is 8.66. The average molecular weight is 414 g/mol. The number of hydrogen-bond donors (Lipinski definition) is 1. The molecule has 0 bridgehead atoms. The Kier molecular flexibility index (Phi) is 5.80. The minimum absolute atomic E-state index is 0.0521. The van der Waals surface area contributed by atoms with Crippen LogP contribution in [0.3, 0.4) is 0 Å². The zero-order valence-corrected chi connectivity index (χ0v) is 18.2. The Labute approximate surface area is 182 Å². The zero-order valence-electron chi connectivity index (χ0n) is 18.2. The monoisotopic (exact) mass is 413 g/mol. The van der Waals surface area contributed by atoms with E-state index in [0.717, 1.165) is 23.6 Å². The van der Waals surface area contributed by atoms with Crippen molar-refractivity contribution >= 4 is 17.2 Å². The number of carbonyl (C=O) groups excluding carboxylic acids is 1. The van der Waals surface area contributed by atoms with Gasteiger partial charge in [-0.15, -0.1) is 0 Å². The minimum atomic E-state index is 0.0521. The highest BCUT2D eigenvalue weighted by Gasteiger charge is 2.15. The molecule has 31 heavy (non-hydrogen) atoms. The van der Waals surface area contributed by atoms with Gasteiger partial charge in [0, 0.05) is 42.6 Å². The van der Waals surface area contributed by atoms with Crippen LogP contribution in [-0.2, 0) is 18.3 Å². The number of pyridine rings is 1. The fourth-order valence-electron chi connectivity index (χ4n) is 3.47. The molecule has 0 aliphatic rings. The molecule has 0 spiro atoms. The van der Waals surface area contributed by atoms with E-state index in [4.69, 9.17) is 0 Å². The zero-order chi connectivity index (χ0) is 21.8. The van der Waals surface area contributed by atoms with Gasteiger partial charge in [0.1, 0.15) is 5.82 Å². The van der Waals surface area contributed by atoms with E-state index in [1.807, 2.05) is 54.6 Å². The van der Waals surface area contributed by atoms with E-state index in [0.29, 0.717) is 17.8 Å². The molecule has 0 fully saturated rings. The number of anilines is 1. The van der Waals surface area contributed by atoms with Crippen LogP contribution in [0.1, 0.15) is 48.1 Å². The van der Waals surface area contributed by atoms with Crippen LogP contribution in [0.2, 0.25) is 0 Å². The Balaban J connectivity index is 1.49. The highest BCUT2D eigenvalue weighted by atomic mass is 16.1. The standard InChI is InChI=1S/C25H27N5O/c1-25(2,3)19-9-7-18(8-10-19)22(31)16-21-17-24(30-23(29-21)12-15-28-30)27-14-11-20-6-4-5-13-26-20/h4-10,12-13,15,17,27H,11,14,16H2,1-3H3. The summed E-state index contributed by atoms with van der Waals surface area (Å²) >= 11 is 0. The molecule has 3 aromatic heterocycles. The summed E-state index contributed by atoms with van der Waals surface area (Å²) in [5.41, 5.74) is 4.43. The van der Waals surface area contributed by atoms with Crippen LogP contribution < -0.4 is 5.32 Å². The summed E-state index contributed by atoms with van der Waals surface area (Å²) in [6, 6.07) is 17.5. The number of carbonyl (C=O) groups is 1. The van der Waals surface area contributed by atoms with E-state index in [2.05, 4.69) is 41.2 Å². The van der Waals surface area contributed by atoms with Crippen molar-refractivity contribution in [1.82, 2.24) is 19.6 Å². The van der Waals surface area contributed by atoms with Gasteiger partial charge in [0.2, 0.25) is 0 Å². The van der Waals surface area contributed by atoms with E-state index in [1.165, 1.54) is 5.56 Å². The summed E-state index contributed by atoms with van der Waals surface area (Å²) in [6.45, 7) is 7.20. The van der Waals surface area contributed by atoms with Crippen LogP contribution >= 0.6 is 0 Å². The smallest absolute Gasteiger partial charge is 0.168 e. The Morgan fingerprint density at radius 3 is 2.52 bits per heavy atom.